The van der Waals surface area contributed by atoms with Gasteiger partial charge in [-0.1, -0.05) is 235 Å². The number of hydrogen-bond acceptors (Lipinski definition) is 7. The molecule has 9 heteroatoms. The number of nitrogens with zero attached hydrogens (tertiary/aromatic N) is 1. The SMILES string of the molecule is CCCCCCCCCCCCCCCCOc1ccc(C(OC[C@H]2O[C@@H](n3cc(C)c(=O)[nH]c3=O)C[C@@H]2O)(c2ccccc2)c2ccc(OCCCCCCCCCCCCCCCC)cc2)cc1. The number of aromatic amines is 1. The van der Waals surface area contributed by atoms with Crippen molar-refractivity contribution in [3.63, 3.8) is 0 Å². The molecule has 2 heterocycles. The molecule has 2 N–H and O–H groups in total. The van der Waals surface area contributed by atoms with Crippen LogP contribution in [-0.4, -0.2) is 46.7 Å². The second-order valence-corrected chi connectivity index (χ2v) is 20.2. The van der Waals surface area contributed by atoms with Crippen molar-refractivity contribution in [2.24, 2.45) is 0 Å². The number of H-pyrrole nitrogens is 1. The fraction of sp³-hybridized carbons (Fsp3) is 0.639. The lowest BCUT2D eigenvalue weighted by atomic mass is 9.80. The fourth-order valence-corrected chi connectivity index (χ4v) is 10.0. The van der Waals surface area contributed by atoms with E-state index in [1.165, 1.54) is 178 Å². The summed E-state index contributed by atoms with van der Waals surface area (Å²) in [6, 6.07) is 26.5. The van der Waals surface area contributed by atoms with Crippen molar-refractivity contribution in [3.8, 4) is 11.5 Å². The third-order valence-electron chi connectivity index (χ3n) is 14.4. The maximum Gasteiger partial charge on any atom is 0.330 e. The minimum absolute atomic E-state index is 0.0262. The highest BCUT2D eigenvalue weighted by atomic mass is 16.6. The van der Waals surface area contributed by atoms with Gasteiger partial charge in [-0.2, -0.15) is 0 Å². The summed E-state index contributed by atoms with van der Waals surface area (Å²) in [5, 5.41) is 11.4. The number of benzene rings is 3. The van der Waals surface area contributed by atoms with Gasteiger partial charge < -0.3 is 24.1 Å². The Balaban J connectivity index is 1.18. The summed E-state index contributed by atoms with van der Waals surface area (Å²) in [4.78, 5) is 27.3. The summed E-state index contributed by atoms with van der Waals surface area (Å²) in [5.41, 5.74) is 0.980. The minimum Gasteiger partial charge on any atom is -0.494 e. The van der Waals surface area contributed by atoms with Gasteiger partial charge >= 0.3 is 5.69 Å². The lowest BCUT2D eigenvalue weighted by Gasteiger charge is -2.37. The number of hydrogen-bond donors (Lipinski definition) is 2. The van der Waals surface area contributed by atoms with Crippen LogP contribution in [0.2, 0.25) is 0 Å². The summed E-state index contributed by atoms with van der Waals surface area (Å²) < 4.78 is 27.4. The van der Waals surface area contributed by atoms with E-state index >= 15 is 0 Å². The van der Waals surface area contributed by atoms with Crippen LogP contribution < -0.4 is 20.7 Å². The molecule has 1 fully saturated rings. The Morgan fingerprint density at radius 2 is 0.943 bits per heavy atom. The largest absolute Gasteiger partial charge is 0.494 e. The van der Waals surface area contributed by atoms with Gasteiger partial charge in [0.25, 0.3) is 5.56 Å². The molecule has 0 unspecified atom stereocenters. The lowest BCUT2D eigenvalue weighted by Crippen LogP contribution is -2.38. The number of aryl methyl sites for hydroxylation is 1. The molecule has 0 spiro atoms. The van der Waals surface area contributed by atoms with Crippen molar-refractivity contribution in [2.45, 2.75) is 231 Å². The molecule has 0 saturated carbocycles. The molecular weight excluding hydrogens is 873 g/mol. The summed E-state index contributed by atoms with van der Waals surface area (Å²) in [7, 11) is 0. The van der Waals surface area contributed by atoms with E-state index in [2.05, 4.69) is 55.2 Å². The monoisotopic (exact) mass is 965 g/mol. The minimum atomic E-state index is -1.10. The van der Waals surface area contributed by atoms with Crippen LogP contribution in [0.25, 0.3) is 0 Å². The molecule has 70 heavy (non-hydrogen) atoms. The van der Waals surface area contributed by atoms with Crippen molar-refractivity contribution < 1.29 is 24.1 Å². The van der Waals surface area contributed by atoms with E-state index in [4.69, 9.17) is 18.9 Å². The van der Waals surface area contributed by atoms with Gasteiger partial charge in [0.05, 0.1) is 25.9 Å². The maximum atomic E-state index is 12.8. The topological polar surface area (TPSA) is 112 Å². The Hall–Kier alpha value is -4.18. The predicted octanol–water partition coefficient (Wildman–Crippen LogP) is 15.2. The van der Waals surface area contributed by atoms with E-state index in [0.29, 0.717) is 18.8 Å². The highest BCUT2D eigenvalue weighted by Gasteiger charge is 2.42. The van der Waals surface area contributed by atoms with E-state index in [0.717, 1.165) is 41.0 Å². The number of rotatable bonds is 39. The van der Waals surface area contributed by atoms with Crippen LogP contribution in [0.15, 0.2) is 94.6 Å². The molecule has 5 rings (SSSR count). The Morgan fingerprint density at radius 1 is 0.557 bits per heavy atom. The van der Waals surface area contributed by atoms with Gasteiger partial charge in [0.1, 0.15) is 29.4 Å². The van der Waals surface area contributed by atoms with Gasteiger partial charge in [0.2, 0.25) is 0 Å². The molecule has 1 aromatic heterocycles. The normalized spacial score (nSPS) is 16.0. The van der Waals surface area contributed by atoms with Gasteiger partial charge in [-0.25, -0.2) is 4.79 Å². The summed E-state index contributed by atoms with van der Waals surface area (Å²) in [5.74, 6) is 1.62. The Kier molecular flexibility index (Phi) is 27.1. The molecule has 3 atom stereocenters. The number of aliphatic hydroxyl groups is 1. The number of aliphatic hydroxyl groups excluding tert-OH is 1. The van der Waals surface area contributed by atoms with Gasteiger partial charge in [-0.15, -0.1) is 0 Å². The van der Waals surface area contributed by atoms with Crippen LogP contribution in [0.4, 0.5) is 0 Å². The van der Waals surface area contributed by atoms with Crippen LogP contribution in [-0.2, 0) is 15.1 Å². The summed E-state index contributed by atoms with van der Waals surface area (Å²) in [6.07, 6.45) is 36.3. The first-order chi connectivity index (χ1) is 34.3. The average molecular weight is 965 g/mol. The van der Waals surface area contributed by atoms with Crippen molar-refractivity contribution >= 4 is 0 Å². The third kappa shape index (κ3) is 19.4. The Bertz CT molecular complexity index is 1990. The lowest BCUT2D eigenvalue weighted by molar-refractivity contribution is -0.0944. The molecule has 388 valence electrons. The second kappa shape index (κ2) is 33.5. The molecule has 3 aromatic carbocycles. The first-order valence-corrected chi connectivity index (χ1v) is 28.2. The van der Waals surface area contributed by atoms with Crippen molar-refractivity contribution in [1.82, 2.24) is 9.55 Å². The summed E-state index contributed by atoms with van der Waals surface area (Å²) >= 11 is 0. The van der Waals surface area contributed by atoms with Crippen LogP contribution >= 0.6 is 0 Å². The molecule has 0 aliphatic carbocycles. The molecule has 1 aliphatic heterocycles. The average Bonchev–Trinajstić information content (AvgIpc) is 3.75. The van der Waals surface area contributed by atoms with Gasteiger partial charge in [-0.05, 0) is 60.7 Å². The summed E-state index contributed by atoms with van der Waals surface area (Å²) in [6.45, 7) is 7.58. The molecular formula is C61H92N2O7. The zero-order valence-electron chi connectivity index (χ0n) is 43.8. The van der Waals surface area contributed by atoms with E-state index in [1.807, 2.05) is 42.5 Å². The first-order valence-electron chi connectivity index (χ1n) is 28.2. The maximum absolute atomic E-state index is 12.8. The number of aromatic nitrogens is 2. The second-order valence-electron chi connectivity index (χ2n) is 20.2. The van der Waals surface area contributed by atoms with Gasteiger partial charge in [-0.3, -0.25) is 14.3 Å². The van der Waals surface area contributed by atoms with Gasteiger partial charge in [0, 0.05) is 18.2 Å². The molecule has 9 nitrogen and oxygen atoms in total. The van der Waals surface area contributed by atoms with E-state index < -0.39 is 35.3 Å². The molecule has 0 amide bonds. The number of nitrogens with one attached hydrogen (secondary N) is 1. The molecule has 4 aromatic rings. The van der Waals surface area contributed by atoms with Crippen molar-refractivity contribution in [3.05, 3.63) is 128 Å². The first kappa shape index (κ1) is 56.7. The van der Waals surface area contributed by atoms with Crippen molar-refractivity contribution in [1.29, 1.82) is 0 Å². The molecule has 0 radical (unpaired) electrons. The van der Waals surface area contributed by atoms with E-state index in [9.17, 15) is 14.7 Å². The fourth-order valence-electron chi connectivity index (χ4n) is 10.0. The van der Waals surface area contributed by atoms with Crippen LogP contribution in [0.5, 0.6) is 11.5 Å². The van der Waals surface area contributed by atoms with E-state index in [-0.39, 0.29) is 13.0 Å². The van der Waals surface area contributed by atoms with Crippen LogP contribution in [0.3, 0.4) is 0 Å². The van der Waals surface area contributed by atoms with Crippen LogP contribution in [0.1, 0.15) is 229 Å². The quantitative estimate of drug-likeness (QED) is 0.0338. The number of unbranched alkanes of at least 4 members (excludes halogenated alkanes) is 26. The molecule has 1 saturated heterocycles. The Labute approximate surface area is 422 Å². The molecule has 1 aliphatic rings. The van der Waals surface area contributed by atoms with Gasteiger partial charge in [0.15, 0.2) is 0 Å². The van der Waals surface area contributed by atoms with Crippen LogP contribution in [0, 0.1) is 6.92 Å². The predicted molar refractivity (Wildman–Crippen MR) is 287 cm³/mol. The highest BCUT2D eigenvalue weighted by molar-refractivity contribution is 5.49. The zero-order chi connectivity index (χ0) is 49.5. The number of ether oxygens (including phenoxy) is 4. The standard InChI is InChI=1S/C61H92N2O7/c1-4-6-8-10-12-14-16-18-20-22-24-26-28-33-45-67-54-41-37-52(38-42-54)61(51-35-31-30-32-36-51,69-49-57-56(64)47-58(70-57)63-48-50(3)59(65)62-60(63)66)53-39-43-55(44-40-53)68-46-34-29-27-25-23-21-19-17-15-13-11-9-7-5-2/h30-32,35-44,48,56-58,64H,4-29,33-34,45-47,49H2,1-3H3,(H,62,65,66)/t56-,57+,58+/m0/s1. The Morgan fingerprint density at radius 3 is 1.36 bits per heavy atom. The highest BCUT2D eigenvalue weighted by Crippen LogP contribution is 2.43. The van der Waals surface area contributed by atoms with E-state index in [1.54, 1.807) is 6.92 Å². The smallest absolute Gasteiger partial charge is 0.330 e. The third-order valence-corrected chi connectivity index (χ3v) is 14.4. The zero-order valence-corrected chi connectivity index (χ0v) is 43.8. The van der Waals surface area contributed by atoms with Crippen molar-refractivity contribution in [2.75, 3.05) is 19.8 Å². The molecule has 0 bridgehead atoms.